The summed E-state index contributed by atoms with van der Waals surface area (Å²) < 4.78 is 8.16. The van der Waals surface area contributed by atoms with Crippen molar-refractivity contribution in [1.29, 1.82) is 0 Å². The Morgan fingerprint density at radius 3 is 2.89 bits per heavy atom. The molecule has 0 unspecified atom stereocenters. The van der Waals surface area contributed by atoms with Crippen LogP contribution in [0.25, 0.3) is 0 Å². The van der Waals surface area contributed by atoms with E-state index in [2.05, 4.69) is 10.1 Å². The van der Waals surface area contributed by atoms with Crippen molar-refractivity contribution < 1.29 is 9.53 Å². The third-order valence-electron chi connectivity index (χ3n) is 2.57. The van der Waals surface area contributed by atoms with Crippen molar-refractivity contribution in [2.45, 2.75) is 6.54 Å². The van der Waals surface area contributed by atoms with Crippen molar-refractivity contribution in [1.82, 2.24) is 19.3 Å². The molecule has 0 saturated heterocycles. The summed E-state index contributed by atoms with van der Waals surface area (Å²) in [5.41, 5.74) is 0.827. The molecule has 2 heterocycles. The summed E-state index contributed by atoms with van der Waals surface area (Å²) in [5, 5.41) is 4.40. The largest absolute Gasteiger partial charge is 0.383 e. The summed E-state index contributed by atoms with van der Waals surface area (Å²) >= 11 is 6.01. The lowest BCUT2D eigenvalue weighted by Crippen LogP contribution is -2.16. The van der Waals surface area contributed by atoms with Crippen LogP contribution in [0.3, 0.4) is 0 Å². The maximum atomic E-state index is 12.3. The van der Waals surface area contributed by atoms with E-state index < -0.39 is 0 Å². The summed E-state index contributed by atoms with van der Waals surface area (Å²) in [6.07, 6.45) is 4.53. The molecule has 0 amide bonds. The van der Waals surface area contributed by atoms with Gasteiger partial charge in [0.25, 0.3) is 0 Å². The number of hydrogen-bond donors (Lipinski definition) is 0. The molecule has 0 spiro atoms. The van der Waals surface area contributed by atoms with Gasteiger partial charge in [-0.1, -0.05) is 11.6 Å². The van der Waals surface area contributed by atoms with Crippen molar-refractivity contribution in [2.24, 2.45) is 7.05 Å². The Hall–Kier alpha value is -1.66. The van der Waals surface area contributed by atoms with Gasteiger partial charge < -0.3 is 9.30 Å². The second-order valence-corrected chi connectivity index (χ2v) is 4.18. The monoisotopic (exact) mass is 268 g/mol. The number of imidazole rings is 1. The van der Waals surface area contributed by atoms with Gasteiger partial charge in [0.2, 0.25) is 5.78 Å². The normalized spacial score (nSPS) is 10.8. The molecule has 18 heavy (non-hydrogen) atoms. The molecule has 2 aromatic rings. The first-order chi connectivity index (χ1) is 8.65. The van der Waals surface area contributed by atoms with Gasteiger partial charge in [0.05, 0.1) is 36.9 Å². The molecule has 0 atom stereocenters. The molecule has 0 aliphatic rings. The predicted molar refractivity (Wildman–Crippen MR) is 65.8 cm³/mol. The zero-order valence-electron chi connectivity index (χ0n) is 10.1. The average molecular weight is 269 g/mol. The van der Waals surface area contributed by atoms with Crippen LogP contribution in [-0.4, -0.2) is 38.8 Å². The smallest absolute Gasteiger partial charge is 0.230 e. The van der Waals surface area contributed by atoms with Crippen molar-refractivity contribution in [3.8, 4) is 0 Å². The fraction of sp³-hybridized carbons (Fsp3) is 0.364. The molecule has 0 radical (unpaired) electrons. The number of ketones is 1. The number of carbonyl (C=O) groups is 1. The lowest BCUT2D eigenvalue weighted by molar-refractivity contribution is 0.101. The quantitative estimate of drug-likeness (QED) is 0.763. The minimum atomic E-state index is -0.200. The minimum absolute atomic E-state index is 0.200. The highest BCUT2D eigenvalue weighted by molar-refractivity contribution is 6.34. The molecular weight excluding hydrogens is 256 g/mol. The fourth-order valence-electron chi connectivity index (χ4n) is 1.63. The summed E-state index contributed by atoms with van der Waals surface area (Å²) in [4.78, 5) is 16.3. The van der Waals surface area contributed by atoms with Crippen LogP contribution in [0.2, 0.25) is 5.02 Å². The Balaban J connectivity index is 2.35. The Morgan fingerprint density at radius 2 is 2.28 bits per heavy atom. The van der Waals surface area contributed by atoms with Gasteiger partial charge in [-0.15, -0.1) is 0 Å². The average Bonchev–Trinajstić information content (AvgIpc) is 2.92. The molecule has 7 heteroatoms. The van der Waals surface area contributed by atoms with Gasteiger partial charge in [-0.25, -0.2) is 4.98 Å². The van der Waals surface area contributed by atoms with E-state index in [1.807, 2.05) is 0 Å². The van der Waals surface area contributed by atoms with Crippen LogP contribution in [-0.2, 0) is 18.3 Å². The van der Waals surface area contributed by atoms with Gasteiger partial charge in [0.15, 0.2) is 0 Å². The van der Waals surface area contributed by atoms with Crippen molar-refractivity contribution in [3.05, 3.63) is 35.1 Å². The van der Waals surface area contributed by atoms with E-state index in [0.717, 1.165) is 0 Å². The third kappa shape index (κ3) is 2.30. The van der Waals surface area contributed by atoms with E-state index in [1.165, 1.54) is 12.4 Å². The number of methoxy groups -OCH3 is 1. The summed E-state index contributed by atoms with van der Waals surface area (Å²) in [6, 6.07) is 0. The van der Waals surface area contributed by atoms with Crippen molar-refractivity contribution in [3.63, 3.8) is 0 Å². The Morgan fingerprint density at radius 1 is 1.50 bits per heavy atom. The zero-order chi connectivity index (χ0) is 13.1. The molecule has 0 bridgehead atoms. The van der Waals surface area contributed by atoms with Crippen LogP contribution in [0.4, 0.5) is 0 Å². The molecule has 2 aromatic heterocycles. The number of halogens is 1. The van der Waals surface area contributed by atoms with Crippen LogP contribution >= 0.6 is 11.6 Å². The standard InChI is InChI=1S/C11H13ClN4O2/c1-15-7-13-6-9(15)11(17)10-8(12)5-14-16(10)3-4-18-2/h5-7H,3-4H2,1-2H3. The van der Waals surface area contributed by atoms with E-state index in [1.54, 1.807) is 29.7 Å². The van der Waals surface area contributed by atoms with Gasteiger partial charge in [0.1, 0.15) is 11.4 Å². The Kier molecular flexibility index (Phi) is 3.78. The number of rotatable bonds is 5. The number of hydrogen-bond acceptors (Lipinski definition) is 4. The van der Waals surface area contributed by atoms with Crippen molar-refractivity contribution >= 4 is 17.4 Å². The van der Waals surface area contributed by atoms with Gasteiger partial charge in [0, 0.05) is 14.2 Å². The second kappa shape index (κ2) is 5.32. The van der Waals surface area contributed by atoms with E-state index in [4.69, 9.17) is 16.3 Å². The topological polar surface area (TPSA) is 61.9 Å². The lowest BCUT2D eigenvalue weighted by Gasteiger charge is -2.06. The number of nitrogens with zero attached hydrogens (tertiary/aromatic N) is 4. The highest BCUT2D eigenvalue weighted by Gasteiger charge is 2.21. The molecule has 0 fully saturated rings. The SMILES string of the molecule is COCCn1ncc(Cl)c1C(=O)c1cncn1C. The first-order valence-corrected chi connectivity index (χ1v) is 5.74. The first kappa shape index (κ1) is 12.8. The van der Waals surface area contributed by atoms with E-state index in [-0.39, 0.29) is 5.78 Å². The molecule has 0 aliphatic heterocycles. The third-order valence-corrected chi connectivity index (χ3v) is 2.84. The van der Waals surface area contributed by atoms with E-state index in [0.29, 0.717) is 29.6 Å². The Labute approximate surface area is 109 Å². The van der Waals surface area contributed by atoms with Crippen LogP contribution in [0.1, 0.15) is 16.2 Å². The van der Waals surface area contributed by atoms with Crippen LogP contribution in [0, 0.1) is 0 Å². The Bertz CT molecular complexity index is 561. The molecule has 0 aliphatic carbocycles. The minimum Gasteiger partial charge on any atom is -0.383 e. The van der Waals surface area contributed by atoms with Gasteiger partial charge in [-0.2, -0.15) is 5.10 Å². The van der Waals surface area contributed by atoms with E-state index in [9.17, 15) is 4.79 Å². The molecule has 0 saturated carbocycles. The highest BCUT2D eigenvalue weighted by atomic mass is 35.5. The second-order valence-electron chi connectivity index (χ2n) is 3.78. The zero-order valence-corrected chi connectivity index (χ0v) is 10.9. The summed E-state index contributed by atoms with van der Waals surface area (Å²) in [6.45, 7) is 0.936. The summed E-state index contributed by atoms with van der Waals surface area (Å²) in [7, 11) is 3.34. The number of carbonyl (C=O) groups excluding carboxylic acids is 1. The molecule has 2 rings (SSSR count). The number of aromatic nitrogens is 4. The molecule has 0 N–H and O–H groups in total. The van der Waals surface area contributed by atoms with Crippen LogP contribution < -0.4 is 0 Å². The fourth-order valence-corrected chi connectivity index (χ4v) is 1.86. The molecule has 6 nitrogen and oxygen atoms in total. The highest BCUT2D eigenvalue weighted by Crippen LogP contribution is 2.18. The van der Waals surface area contributed by atoms with Crippen LogP contribution in [0.15, 0.2) is 18.7 Å². The maximum Gasteiger partial charge on any atom is 0.230 e. The van der Waals surface area contributed by atoms with Gasteiger partial charge in [-0.3, -0.25) is 9.48 Å². The number of aryl methyl sites for hydroxylation is 1. The molecule has 0 aromatic carbocycles. The number of ether oxygens (including phenoxy) is 1. The van der Waals surface area contributed by atoms with E-state index >= 15 is 0 Å². The molecular formula is C11H13ClN4O2. The first-order valence-electron chi connectivity index (χ1n) is 5.36. The van der Waals surface area contributed by atoms with Crippen LogP contribution in [0.5, 0.6) is 0 Å². The predicted octanol–water partition coefficient (Wildman–Crippen LogP) is 1.15. The van der Waals surface area contributed by atoms with Gasteiger partial charge in [-0.05, 0) is 0 Å². The lowest BCUT2D eigenvalue weighted by atomic mass is 10.2. The van der Waals surface area contributed by atoms with Crippen molar-refractivity contribution in [2.75, 3.05) is 13.7 Å². The summed E-state index contributed by atoms with van der Waals surface area (Å²) in [5.74, 6) is -0.200. The maximum absolute atomic E-state index is 12.3. The van der Waals surface area contributed by atoms with Gasteiger partial charge >= 0.3 is 0 Å². The molecule has 96 valence electrons.